The SMILES string of the molecule is CCCCCc1nc2ccc(OCCCCCC(=O)O)cc2n1CCCOC. The quantitative estimate of drug-likeness (QED) is 0.441. The number of hydrogen-bond donors (Lipinski definition) is 1. The van der Waals surface area contributed by atoms with E-state index >= 15 is 0 Å². The van der Waals surface area contributed by atoms with Crippen molar-refractivity contribution in [3.05, 3.63) is 24.0 Å². The van der Waals surface area contributed by atoms with Gasteiger partial charge in [-0.15, -0.1) is 0 Å². The Morgan fingerprint density at radius 2 is 1.96 bits per heavy atom. The summed E-state index contributed by atoms with van der Waals surface area (Å²) in [5.74, 6) is 1.26. The Kier molecular flexibility index (Phi) is 9.83. The molecule has 0 bridgehead atoms. The number of methoxy groups -OCH3 is 1. The number of unbranched alkanes of at least 4 members (excludes halogenated alkanes) is 4. The number of nitrogens with zero attached hydrogens (tertiary/aromatic N) is 2. The molecule has 1 N–H and O–H groups in total. The second kappa shape index (κ2) is 12.4. The first-order valence-electron chi connectivity index (χ1n) is 10.5. The molecular weight excluding hydrogens is 356 g/mol. The van der Waals surface area contributed by atoms with Crippen molar-refractivity contribution in [3.63, 3.8) is 0 Å². The fourth-order valence-corrected chi connectivity index (χ4v) is 3.33. The number of imidazole rings is 1. The van der Waals surface area contributed by atoms with Crippen LogP contribution in [0.4, 0.5) is 0 Å². The van der Waals surface area contributed by atoms with Gasteiger partial charge >= 0.3 is 5.97 Å². The fraction of sp³-hybridized carbons (Fsp3) is 0.636. The van der Waals surface area contributed by atoms with Crippen LogP contribution in [0.3, 0.4) is 0 Å². The van der Waals surface area contributed by atoms with Crippen molar-refractivity contribution < 1.29 is 19.4 Å². The van der Waals surface area contributed by atoms with E-state index in [1.54, 1.807) is 7.11 Å². The molecule has 0 radical (unpaired) electrons. The minimum absolute atomic E-state index is 0.230. The third kappa shape index (κ3) is 7.15. The highest BCUT2D eigenvalue weighted by Gasteiger charge is 2.11. The lowest BCUT2D eigenvalue weighted by atomic mass is 10.2. The van der Waals surface area contributed by atoms with E-state index in [9.17, 15) is 4.79 Å². The number of aromatic nitrogens is 2. The summed E-state index contributed by atoms with van der Waals surface area (Å²) < 4.78 is 13.4. The lowest BCUT2D eigenvalue weighted by Gasteiger charge is -2.10. The molecule has 2 aromatic rings. The first kappa shape index (κ1) is 22.2. The standard InChI is InChI=1S/C22H34N2O4/c1-3-4-6-10-21-23-19-13-12-18(28-16-8-5-7-11-22(25)26)17-20(19)24(21)14-9-15-27-2/h12-13,17H,3-11,14-16H2,1-2H3,(H,25,26). The number of carboxylic acids is 1. The van der Waals surface area contributed by atoms with Crippen LogP contribution in [-0.2, 0) is 22.5 Å². The molecule has 28 heavy (non-hydrogen) atoms. The van der Waals surface area contributed by atoms with Gasteiger partial charge in [0, 0.05) is 39.2 Å². The largest absolute Gasteiger partial charge is 0.494 e. The molecule has 0 fully saturated rings. The molecule has 0 aliphatic heterocycles. The summed E-state index contributed by atoms with van der Waals surface area (Å²) in [6.45, 7) is 4.45. The predicted octanol–water partition coefficient (Wildman–Crippen LogP) is 4.83. The summed E-state index contributed by atoms with van der Waals surface area (Å²) in [5.41, 5.74) is 2.13. The molecule has 0 aliphatic carbocycles. The van der Waals surface area contributed by atoms with Crippen LogP contribution in [0, 0.1) is 0 Å². The van der Waals surface area contributed by atoms with Gasteiger partial charge in [0.2, 0.25) is 0 Å². The Balaban J connectivity index is 2.02. The first-order valence-corrected chi connectivity index (χ1v) is 10.5. The molecule has 0 saturated heterocycles. The zero-order chi connectivity index (χ0) is 20.2. The molecule has 0 atom stereocenters. The molecule has 0 spiro atoms. The van der Waals surface area contributed by atoms with E-state index in [1.165, 1.54) is 12.8 Å². The normalized spacial score (nSPS) is 11.2. The molecule has 0 saturated carbocycles. The third-order valence-corrected chi connectivity index (χ3v) is 4.84. The van der Waals surface area contributed by atoms with Gasteiger partial charge in [0.15, 0.2) is 0 Å². The average molecular weight is 391 g/mol. The predicted molar refractivity (Wildman–Crippen MR) is 111 cm³/mol. The van der Waals surface area contributed by atoms with E-state index in [4.69, 9.17) is 19.6 Å². The van der Waals surface area contributed by atoms with E-state index in [0.717, 1.165) is 67.9 Å². The van der Waals surface area contributed by atoms with Crippen molar-refractivity contribution in [2.24, 2.45) is 0 Å². The highest BCUT2D eigenvalue weighted by molar-refractivity contribution is 5.77. The van der Waals surface area contributed by atoms with Crippen LogP contribution >= 0.6 is 0 Å². The number of carbonyl (C=O) groups is 1. The number of aliphatic carboxylic acids is 1. The summed E-state index contributed by atoms with van der Waals surface area (Å²) in [6.07, 6.45) is 8.19. The number of rotatable bonds is 15. The molecule has 156 valence electrons. The number of ether oxygens (including phenoxy) is 2. The van der Waals surface area contributed by atoms with Crippen LogP contribution in [0.25, 0.3) is 11.0 Å². The summed E-state index contributed by atoms with van der Waals surface area (Å²) in [6, 6.07) is 6.09. The van der Waals surface area contributed by atoms with Gasteiger partial charge in [-0.05, 0) is 44.2 Å². The first-order chi connectivity index (χ1) is 13.7. The Hall–Kier alpha value is -2.08. The molecule has 0 amide bonds. The molecule has 2 rings (SSSR count). The topological polar surface area (TPSA) is 73.6 Å². The van der Waals surface area contributed by atoms with E-state index in [-0.39, 0.29) is 6.42 Å². The Morgan fingerprint density at radius 1 is 1.11 bits per heavy atom. The van der Waals surface area contributed by atoms with Gasteiger partial charge < -0.3 is 19.1 Å². The molecule has 1 aromatic carbocycles. The highest BCUT2D eigenvalue weighted by atomic mass is 16.5. The summed E-state index contributed by atoms with van der Waals surface area (Å²) in [4.78, 5) is 15.4. The lowest BCUT2D eigenvalue weighted by molar-refractivity contribution is -0.137. The van der Waals surface area contributed by atoms with Gasteiger partial charge in [-0.2, -0.15) is 0 Å². The molecule has 0 aliphatic rings. The minimum Gasteiger partial charge on any atom is -0.494 e. The number of hydrogen-bond acceptors (Lipinski definition) is 4. The van der Waals surface area contributed by atoms with Gasteiger partial charge in [0.1, 0.15) is 11.6 Å². The number of aryl methyl sites for hydroxylation is 2. The van der Waals surface area contributed by atoms with E-state index in [0.29, 0.717) is 13.0 Å². The minimum atomic E-state index is -0.733. The average Bonchev–Trinajstić information content (AvgIpc) is 3.02. The van der Waals surface area contributed by atoms with Gasteiger partial charge in [-0.25, -0.2) is 4.98 Å². The fourth-order valence-electron chi connectivity index (χ4n) is 3.33. The maximum atomic E-state index is 10.5. The van der Waals surface area contributed by atoms with Gasteiger partial charge in [-0.1, -0.05) is 19.8 Å². The van der Waals surface area contributed by atoms with Gasteiger partial charge in [0.25, 0.3) is 0 Å². The molecule has 0 unspecified atom stereocenters. The van der Waals surface area contributed by atoms with Crippen molar-refractivity contribution in [1.29, 1.82) is 0 Å². The van der Waals surface area contributed by atoms with Gasteiger partial charge in [-0.3, -0.25) is 4.79 Å². The van der Waals surface area contributed by atoms with Crippen molar-refractivity contribution in [1.82, 2.24) is 9.55 Å². The van der Waals surface area contributed by atoms with Crippen LogP contribution < -0.4 is 4.74 Å². The number of fused-ring (bicyclic) bond motifs is 1. The molecule has 6 nitrogen and oxygen atoms in total. The van der Waals surface area contributed by atoms with Gasteiger partial charge in [0.05, 0.1) is 17.6 Å². The molecule has 6 heteroatoms. The second-order valence-corrected chi connectivity index (χ2v) is 7.19. The zero-order valence-corrected chi connectivity index (χ0v) is 17.3. The van der Waals surface area contributed by atoms with Crippen molar-refractivity contribution in [2.45, 2.75) is 71.3 Å². The second-order valence-electron chi connectivity index (χ2n) is 7.19. The maximum absolute atomic E-state index is 10.5. The number of benzene rings is 1. The van der Waals surface area contributed by atoms with Crippen LogP contribution in [0.15, 0.2) is 18.2 Å². The van der Waals surface area contributed by atoms with Crippen molar-refractivity contribution >= 4 is 17.0 Å². The third-order valence-electron chi connectivity index (χ3n) is 4.84. The summed E-state index contributed by atoms with van der Waals surface area (Å²) in [5, 5.41) is 8.67. The van der Waals surface area contributed by atoms with E-state index < -0.39 is 5.97 Å². The zero-order valence-electron chi connectivity index (χ0n) is 17.3. The highest BCUT2D eigenvalue weighted by Crippen LogP contribution is 2.24. The molecule has 1 heterocycles. The van der Waals surface area contributed by atoms with Crippen LogP contribution in [0.5, 0.6) is 5.75 Å². The van der Waals surface area contributed by atoms with Crippen molar-refractivity contribution in [2.75, 3.05) is 20.3 Å². The molecular formula is C22H34N2O4. The smallest absolute Gasteiger partial charge is 0.303 e. The summed E-state index contributed by atoms with van der Waals surface area (Å²) >= 11 is 0. The Morgan fingerprint density at radius 3 is 2.71 bits per heavy atom. The van der Waals surface area contributed by atoms with Crippen molar-refractivity contribution in [3.8, 4) is 5.75 Å². The Labute approximate surface area is 167 Å². The monoisotopic (exact) mass is 390 g/mol. The number of carboxylic acid groups (broad SMARTS) is 1. The van der Waals surface area contributed by atoms with Crippen LogP contribution in [0.1, 0.15) is 64.1 Å². The molecule has 1 aromatic heterocycles. The lowest BCUT2D eigenvalue weighted by Crippen LogP contribution is -2.06. The Bertz CT molecular complexity index is 727. The maximum Gasteiger partial charge on any atom is 0.303 e. The van der Waals surface area contributed by atoms with E-state index in [1.807, 2.05) is 12.1 Å². The van der Waals surface area contributed by atoms with Crippen LogP contribution in [0.2, 0.25) is 0 Å². The summed E-state index contributed by atoms with van der Waals surface area (Å²) in [7, 11) is 1.73. The van der Waals surface area contributed by atoms with Crippen LogP contribution in [-0.4, -0.2) is 41.0 Å². The van der Waals surface area contributed by atoms with E-state index in [2.05, 4.69) is 17.6 Å².